The van der Waals surface area contributed by atoms with Crippen LogP contribution in [0.25, 0.3) is 0 Å². The molecule has 3 N–H and O–H groups in total. The molecule has 0 bridgehead atoms. The quantitative estimate of drug-likeness (QED) is 0.791. The van der Waals surface area contributed by atoms with Crippen molar-refractivity contribution in [2.24, 2.45) is 11.7 Å². The van der Waals surface area contributed by atoms with Gasteiger partial charge in [-0.2, -0.15) is 5.10 Å². The van der Waals surface area contributed by atoms with E-state index in [9.17, 15) is 4.79 Å². The number of aromatic nitrogens is 2. The van der Waals surface area contributed by atoms with Crippen LogP contribution >= 0.6 is 24.8 Å². The van der Waals surface area contributed by atoms with Gasteiger partial charge in [-0.25, -0.2) is 0 Å². The first-order chi connectivity index (χ1) is 8.88. The first-order valence-corrected chi connectivity index (χ1v) is 6.63. The summed E-state index contributed by atoms with van der Waals surface area (Å²) in [4.78, 5) is 13.9. The van der Waals surface area contributed by atoms with Gasteiger partial charge in [-0.15, -0.1) is 24.8 Å². The first-order valence-electron chi connectivity index (χ1n) is 6.63. The van der Waals surface area contributed by atoms with Crippen LogP contribution in [0.15, 0.2) is 12.3 Å². The van der Waals surface area contributed by atoms with Gasteiger partial charge >= 0.3 is 0 Å². The molecule has 0 aliphatic rings. The van der Waals surface area contributed by atoms with Crippen LogP contribution in [0.1, 0.15) is 20.3 Å². The molecule has 0 spiro atoms. The highest BCUT2D eigenvalue weighted by molar-refractivity contribution is 5.93. The summed E-state index contributed by atoms with van der Waals surface area (Å²) >= 11 is 0. The lowest BCUT2D eigenvalue weighted by Gasteiger charge is -2.13. The number of nitrogens with one attached hydrogen (secondary N) is 1. The van der Waals surface area contributed by atoms with Crippen LogP contribution < -0.4 is 11.1 Å². The van der Waals surface area contributed by atoms with Gasteiger partial charge in [-0.3, -0.25) is 9.48 Å². The minimum atomic E-state index is -0.480. The van der Waals surface area contributed by atoms with E-state index in [2.05, 4.69) is 15.3 Å². The lowest BCUT2D eigenvalue weighted by Crippen LogP contribution is -2.36. The number of amides is 1. The molecular weight excluding hydrogens is 313 g/mol. The molecule has 21 heavy (non-hydrogen) atoms. The Hall–Kier alpha value is -0.820. The van der Waals surface area contributed by atoms with E-state index in [0.717, 1.165) is 13.1 Å². The molecule has 1 rings (SSSR count). The zero-order valence-electron chi connectivity index (χ0n) is 13.1. The van der Waals surface area contributed by atoms with Crippen LogP contribution in [-0.4, -0.2) is 47.3 Å². The Labute approximate surface area is 139 Å². The molecular formula is C13H27Cl2N5O. The average molecular weight is 340 g/mol. The Bertz CT molecular complexity index is 409. The topological polar surface area (TPSA) is 76.2 Å². The molecule has 0 aliphatic heterocycles. The van der Waals surface area contributed by atoms with Gasteiger partial charge in [0, 0.05) is 18.8 Å². The summed E-state index contributed by atoms with van der Waals surface area (Å²) in [7, 11) is 4.02. The van der Waals surface area contributed by atoms with Crippen molar-refractivity contribution in [1.29, 1.82) is 0 Å². The number of anilines is 1. The van der Waals surface area contributed by atoms with E-state index >= 15 is 0 Å². The smallest absolute Gasteiger partial charge is 0.242 e. The molecule has 0 unspecified atom stereocenters. The van der Waals surface area contributed by atoms with Crippen molar-refractivity contribution in [2.45, 2.75) is 32.9 Å². The van der Waals surface area contributed by atoms with E-state index in [1.54, 1.807) is 6.07 Å². The van der Waals surface area contributed by atoms with Gasteiger partial charge in [0.1, 0.15) is 0 Å². The summed E-state index contributed by atoms with van der Waals surface area (Å²) in [5.74, 6) is 0.785. The molecule has 8 heteroatoms. The maximum absolute atomic E-state index is 11.8. The van der Waals surface area contributed by atoms with E-state index in [1.807, 2.05) is 38.8 Å². The van der Waals surface area contributed by atoms with Gasteiger partial charge in [-0.1, -0.05) is 13.8 Å². The van der Waals surface area contributed by atoms with E-state index in [1.165, 1.54) is 0 Å². The second-order valence-electron chi connectivity index (χ2n) is 5.49. The van der Waals surface area contributed by atoms with Gasteiger partial charge in [-0.05, 0) is 26.4 Å². The number of likely N-dealkylation sites (N-methyl/N-ethyl adjacent to an activating group) is 1. The van der Waals surface area contributed by atoms with Gasteiger partial charge in [0.2, 0.25) is 5.91 Å². The molecule has 0 aromatic carbocycles. The number of nitrogens with zero attached hydrogens (tertiary/aromatic N) is 3. The number of rotatable bonds is 7. The summed E-state index contributed by atoms with van der Waals surface area (Å²) in [6.45, 7) is 5.79. The Balaban J connectivity index is 0. The van der Waals surface area contributed by atoms with E-state index < -0.39 is 6.04 Å². The Morgan fingerprint density at radius 3 is 2.57 bits per heavy atom. The summed E-state index contributed by atoms with van der Waals surface area (Å²) < 4.78 is 1.81. The molecule has 1 heterocycles. The fraction of sp³-hybridized carbons (Fsp3) is 0.692. The predicted octanol–water partition coefficient (Wildman–Crippen LogP) is 1.60. The molecule has 1 aromatic heterocycles. The minimum Gasteiger partial charge on any atom is -0.320 e. The highest BCUT2D eigenvalue weighted by Gasteiger charge is 2.15. The maximum Gasteiger partial charge on any atom is 0.242 e. The Morgan fingerprint density at radius 1 is 1.43 bits per heavy atom. The zero-order chi connectivity index (χ0) is 14.4. The van der Waals surface area contributed by atoms with E-state index in [4.69, 9.17) is 5.73 Å². The molecule has 0 aliphatic carbocycles. The van der Waals surface area contributed by atoms with E-state index in [-0.39, 0.29) is 30.7 Å². The van der Waals surface area contributed by atoms with Crippen LogP contribution in [0, 0.1) is 5.92 Å². The number of carbonyl (C=O) groups is 1. The van der Waals surface area contributed by atoms with Gasteiger partial charge in [0.15, 0.2) is 5.82 Å². The number of hydrogen-bond donors (Lipinski definition) is 2. The van der Waals surface area contributed by atoms with Crippen LogP contribution in [0.4, 0.5) is 5.82 Å². The number of hydrogen-bond acceptors (Lipinski definition) is 4. The van der Waals surface area contributed by atoms with Crippen molar-refractivity contribution >= 4 is 36.5 Å². The van der Waals surface area contributed by atoms with Crippen molar-refractivity contribution in [1.82, 2.24) is 14.7 Å². The molecule has 124 valence electrons. The molecule has 1 amide bonds. The number of halogens is 2. The average Bonchev–Trinajstić information content (AvgIpc) is 2.73. The second kappa shape index (κ2) is 10.8. The molecule has 0 fully saturated rings. The van der Waals surface area contributed by atoms with Gasteiger partial charge in [0.25, 0.3) is 0 Å². The molecule has 0 saturated heterocycles. The predicted molar refractivity (Wildman–Crippen MR) is 91.3 cm³/mol. The highest BCUT2D eigenvalue weighted by atomic mass is 35.5. The van der Waals surface area contributed by atoms with Crippen LogP contribution in [-0.2, 0) is 11.3 Å². The minimum absolute atomic E-state index is 0. The monoisotopic (exact) mass is 339 g/mol. The molecule has 0 saturated carbocycles. The number of nitrogens with two attached hydrogens (primary N) is 1. The standard InChI is InChI=1S/C13H25N5O.2ClH/c1-10(2)9-11(14)13(19)15-12-5-6-18(16-12)8-7-17(3)4;;/h5-6,10-11H,7-9,14H2,1-4H3,(H,15,16,19);2*1H/t11-;;/m0../s1. The third-order valence-electron chi connectivity index (χ3n) is 2.73. The third kappa shape index (κ3) is 8.93. The normalized spacial score (nSPS) is 11.8. The Morgan fingerprint density at radius 2 is 2.05 bits per heavy atom. The Kier molecular flexibility index (Phi) is 11.6. The fourth-order valence-electron chi connectivity index (χ4n) is 1.69. The summed E-state index contributed by atoms with van der Waals surface area (Å²) in [5, 5.41) is 7.03. The van der Waals surface area contributed by atoms with Gasteiger partial charge in [0.05, 0.1) is 12.6 Å². The third-order valence-corrected chi connectivity index (χ3v) is 2.73. The number of carbonyl (C=O) groups excluding carboxylic acids is 1. The molecule has 1 aromatic rings. The largest absolute Gasteiger partial charge is 0.320 e. The highest BCUT2D eigenvalue weighted by Crippen LogP contribution is 2.07. The van der Waals surface area contributed by atoms with Crippen molar-refractivity contribution in [3.05, 3.63) is 12.3 Å². The van der Waals surface area contributed by atoms with Crippen LogP contribution in [0.3, 0.4) is 0 Å². The zero-order valence-corrected chi connectivity index (χ0v) is 14.7. The lowest BCUT2D eigenvalue weighted by molar-refractivity contribution is -0.117. The van der Waals surface area contributed by atoms with Crippen molar-refractivity contribution < 1.29 is 4.79 Å². The summed E-state index contributed by atoms with van der Waals surface area (Å²) in [6, 6.07) is 1.31. The summed E-state index contributed by atoms with van der Waals surface area (Å²) in [6.07, 6.45) is 2.53. The fourth-order valence-corrected chi connectivity index (χ4v) is 1.69. The SMILES string of the molecule is CC(C)C[C@H](N)C(=O)Nc1ccn(CCN(C)C)n1.Cl.Cl. The molecule has 1 atom stereocenters. The lowest BCUT2D eigenvalue weighted by atomic mass is 10.0. The first kappa shape index (κ1) is 22.5. The summed E-state index contributed by atoms with van der Waals surface area (Å²) in [5.41, 5.74) is 5.82. The maximum atomic E-state index is 11.8. The van der Waals surface area contributed by atoms with Crippen molar-refractivity contribution in [2.75, 3.05) is 26.0 Å². The van der Waals surface area contributed by atoms with Crippen LogP contribution in [0.5, 0.6) is 0 Å². The van der Waals surface area contributed by atoms with Crippen molar-refractivity contribution in [3.63, 3.8) is 0 Å². The van der Waals surface area contributed by atoms with E-state index in [0.29, 0.717) is 18.2 Å². The molecule has 6 nitrogen and oxygen atoms in total. The van der Waals surface area contributed by atoms with Crippen LogP contribution in [0.2, 0.25) is 0 Å². The van der Waals surface area contributed by atoms with Crippen molar-refractivity contribution in [3.8, 4) is 0 Å². The van der Waals surface area contributed by atoms with Gasteiger partial charge < -0.3 is 16.0 Å². The molecule has 0 radical (unpaired) electrons. The second-order valence-corrected chi connectivity index (χ2v) is 5.49.